The molecule has 13 heteroatoms. The van der Waals surface area contributed by atoms with Gasteiger partial charge in [0.15, 0.2) is 0 Å². The number of carbonyl (C=O) groups is 2. The predicted molar refractivity (Wildman–Crippen MR) is 132 cm³/mol. The number of nitrogens with two attached hydrogens (primary N) is 1. The third-order valence-corrected chi connectivity index (χ3v) is 9.37. The van der Waals surface area contributed by atoms with E-state index in [4.69, 9.17) is 5.73 Å². The molecule has 2 bridgehead atoms. The fraction of sp³-hybridized carbons (Fsp3) is 0.917. The summed E-state index contributed by atoms with van der Waals surface area (Å²) in [6.45, 7) is 6.17. The molecule has 6 heterocycles. The Morgan fingerprint density at radius 1 is 0.946 bits per heavy atom. The fourth-order valence-electron chi connectivity index (χ4n) is 7.42. The molecule has 0 saturated carbocycles. The number of fused-ring (bicyclic) bond motifs is 3. The van der Waals surface area contributed by atoms with Crippen LogP contribution in [0.3, 0.4) is 0 Å². The lowest BCUT2D eigenvalue weighted by molar-refractivity contribution is -0.141. The summed E-state index contributed by atoms with van der Waals surface area (Å²) in [6, 6.07) is -0.537. The van der Waals surface area contributed by atoms with Gasteiger partial charge in [-0.05, 0) is 32.4 Å². The number of carbonyl (C=O) groups excluding carboxylic acids is 2. The van der Waals surface area contributed by atoms with Crippen LogP contribution < -0.4 is 27.1 Å². The van der Waals surface area contributed by atoms with Crippen LogP contribution >= 0.6 is 0 Å². The van der Waals surface area contributed by atoms with Gasteiger partial charge in [-0.25, -0.2) is 19.2 Å². The molecule has 6 rings (SSSR count). The summed E-state index contributed by atoms with van der Waals surface area (Å²) in [4.78, 5) is 33.3. The molecule has 0 aromatic heterocycles. The number of hydrazine groups is 1. The zero-order valence-corrected chi connectivity index (χ0v) is 21.3. The minimum atomic E-state index is -1.13. The van der Waals surface area contributed by atoms with E-state index >= 15 is 4.39 Å². The van der Waals surface area contributed by atoms with Crippen molar-refractivity contribution in [3.63, 3.8) is 0 Å². The highest BCUT2D eigenvalue weighted by atomic mass is 19.1. The van der Waals surface area contributed by atoms with E-state index in [1.807, 2.05) is 0 Å². The minimum Gasteiger partial charge on any atom is -0.350 e. The monoisotopic (exact) mass is 525 g/mol. The summed E-state index contributed by atoms with van der Waals surface area (Å²) in [5, 5.41) is 10.9. The Labute approximate surface area is 216 Å². The number of alkyl halides is 2. The molecule has 6 fully saturated rings. The van der Waals surface area contributed by atoms with Crippen LogP contribution in [-0.2, 0) is 9.59 Å². The standard InChI is InChI=1S/C24H41F2N9O2/c25-15-9-29-22-19(21(27)31-35(22)12-15)23(36)30-18-11-28-10-17(26)20(18)33-5-1-14(2-6-33)24(37)34-8-7-32-4-3-16(34)13-32/h14-22,28-29,31H,1-13,27H2,(H,30,36). The molecule has 6 aliphatic heterocycles. The maximum absolute atomic E-state index is 15.3. The number of piperidine rings is 2. The molecule has 6 aliphatic rings. The Morgan fingerprint density at radius 2 is 1.76 bits per heavy atom. The fourth-order valence-corrected chi connectivity index (χ4v) is 7.42. The quantitative estimate of drug-likeness (QED) is 0.269. The van der Waals surface area contributed by atoms with Crippen molar-refractivity contribution < 1.29 is 18.4 Å². The highest BCUT2D eigenvalue weighted by molar-refractivity contribution is 5.81. The van der Waals surface area contributed by atoms with E-state index in [1.54, 1.807) is 5.01 Å². The van der Waals surface area contributed by atoms with Crippen LogP contribution in [0.5, 0.6) is 0 Å². The Hall–Kier alpha value is -1.48. The van der Waals surface area contributed by atoms with Crippen LogP contribution in [0.4, 0.5) is 8.78 Å². The molecule has 0 radical (unpaired) electrons. The molecule has 0 aliphatic carbocycles. The normalized spacial score (nSPS) is 43.5. The smallest absolute Gasteiger partial charge is 0.229 e. The van der Waals surface area contributed by atoms with Crippen molar-refractivity contribution in [2.45, 2.75) is 62.1 Å². The van der Waals surface area contributed by atoms with Gasteiger partial charge in [-0.1, -0.05) is 0 Å². The van der Waals surface area contributed by atoms with Gasteiger partial charge < -0.3 is 21.3 Å². The minimum absolute atomic E-state index is 0.0125. The number of hydrogen-bond acceptors (Lipinski definition) is 9. The Bertz CT molecular complexity index is 862. The van der Waals surface area contributed by atoms with Gasteiger partial charge >= 0.3 is 0 Å². The van der Waals surface area contributed by atoms with E-state index in [0.717, 1.165) is 32.6 Å². The van der Waals surface area contributed by atoms with Crippen molar-refractivity contribution >= 4 is 11.8 Å². The lowest BCUT2D eigenvalue weighted by atomic mass is 9.89. The molecular weight excluding hydrogens is 484 g/mol. The molecule has 11 nitrogen and oxygen atoms in total. The first-order chi connectivity index (χ1) is 17.9. The van der Waals surface area contributed by atoms with Crippen molar-refractivity contribution in [1.82, 2.24) is 41.1 Å². The summed E-state index contributed by atoms with van der Waals surface area (Å²) in [5.74, 6) is -0.626. The summed E-state index contributed by atoms with van der Waals surface area (Å²) in [6.07, 6.45) is -0.728. The zero-order chi connectivity index (χ0) is 25.7. The van der Waals surface area contributed by atoms with Gasteiger partial charge in [-0.3, -0.25) is 24.7 Å². The molecule has 9 unspecified atom stereocenters. The van der Waals surface area contributed by atoms with Crippen LogP contribution in [0, 0.1) is 11.8 Å². The van der Waals surface area contributed by atoms with E-state index in [1.165, 1.54) is 0 Å². The third-order valence-electron chi connectivity index (χ3n) is 9.37. The van der Waals surface area contributed by atoms with E-state index in [9.17, 15) is 14.0 Å². The number of nitrogens with one attached hydrogen (secondary N) is 4. The molecule has 6 saturated heterocycles. The lowest BCUT2D eigenvalue weighted by Crippen LogP contribution is -2.67. The highest BCUT2D eigenvalue weighted by Gasteiger charge is 2.49. The molecule has 9 atom stereocenters. The number of nitrogens with zero attached hydrogens (tertiary/aromatic N) is 4. The van der Waals surface area contributed by atoms with Crippen LogP contribution in [0.1, 0.15) is 19.3 Å². The van der Waals surface area contributed by atoms with Gasteiger partial charge in [0.25, 0.3) is 0 Å². The maximum Gasteiger partial charge on any atom is 0.229 e. The van der Waals surface area contributed by atoms with Crippen molar-refractivity contribution in [3.05, 3.63) is 0 Å². The molecule has 0 aromatic rings. The predicted octanol–water partition coefficient (Wildman–Crippen LogP) is -2.60. The number of likely N-dealkylation sites (tertiary alicyclic amines) is 1. The Kier molecular flexibility index (Phi) is 7.38. The molecule has 37 heavy (non-hydrogen) atoms. The van der Waals surface area contributed by atoms with Gasteiger partial charge in [0.1, 0.15) is 12.3 Å². The number of hydrogen-bond donors (Lipinski definition) is 5. The Morgan fingerprint density at radius 3 is 2.57 bits per heavy atom. The maximum atomic E-state index is 15.3. The lowest BCUT2D eigenvalue weighted by Gasteiger charge is -2.46. The van der Waals surface area contributed by atoms with Gasteiger partial charge in [0, 0.05) is 64.3 Å². The van der Waals surface area contributed by atoms with E-state index in [2.05, 4.69) is 36.1 Å². The van der Waals surface area contributed by atoms with Gasteiger partial charge in [0.2, 0.25) is 11.8 Å². The van der Waals surface area contributed by atoms with E-state index < -0.39 is 42.7 Å². The van der Waals surface area contributed by atoms with Crippen molar-refractivity contribution in [3.8, 4) is 0 Å². The molecule has 0 aromatic carbocycles. The second-order valence-corrected chi connectivity index (χ2v) is 11.6. The molecular formula is C24H41F2N9O2. The third kappa shape index (κ3) is 4.99. The topological polar surface area (TPSA) is 121 Å². The first kappa shape index (κ1) is 25.8. The van der Waals surface area contributed by atoms with Crippen LogP contribution in [0.2, 0.25) is 0 Å². The van der Waals surface area contributed by atoms with Gasteiger partial charge in [-0.15, -0.1) is 0 Å². The van der Waals surface area contributed by atoms with Crippen LogP contribution in [-0.4, -0.2) is 140 Å². The molecule has 0 spiro atoms. The summed E-state index contributed by atoms with van der Waals surface area (Å²) >= 11 is 0. The van der Waals surface area contributed by atoms with Crippen molar-refractivity contribution in [1.29, 1.82) is 0 Å². The second kappa shape index (κ2) is 10.6. The number of rotatable bonds is 4. The number of piperazine rings is 1. The first-order valence-corrected chi connectivity index (χ1v) is 14.0. The molecule has 208 valence electrons. The average molecular weight is 526 g/mol. The SMILES string of the molecule is NC1NN2CC(F)CNC2C1C(=O)NC1CNCC(F)C1N1CCC(C(=O)N2CCN3CCC2C3)CC1. The van der Waals surface area contributed by atoms with Crippen LogP contribution in [0.25, 0.3) is 0 Å². The van der Waals surface area contributed by atoms with E-state index in [-0.39, 0.29) is 37.4 Å². The average Bonchev–Trinajstić information content (AvgIpc) is 3.42. The number of halogens is 2. The zero-order valence-electron chi connectivity index (χ0n) is 21.3. The van der Waals surface area contributed by atoms with Crippen molar-refractivity contribution in [2.75, 3.05) is 65.4 Å². The summed E-state index contributed by atoms with van der Waals surface area (Å²) in [5.41, 5.74) is 9.21. The second-order valence-electron chi connectivity index (χ2n) is 11.6. The first-order valence-electron chi connectivity index (χ1n) is 14.0. The largest absolute Gasteiger partial charge is 0.350 e. The van der Waals surface area contributed by atoms with Gasteiger partial charge in [-0.2, -0.15) is 0 Å². The van der Waals surface area contributed by atoms with E-state index in [0.29, 0.717) is 38.5 Å². The molecule has 2 amide bonds. The Balaban J connectivity index is 1.07. The van der Waals surface area contributed by atoms with Crippen molar-refractivity contribution in [2.24, 2.45) is 17.6 Å². The van der Waals surface area contributed by atoms with Crippen LogP contribution in [0.15, 0.2) is 0 Å². The number of amides is 2. The molecule has 6 N–H and O–H groups in total. The van der Waals surface area contributed by atoms with Gasteiger partial charge in [0.05, 0.1) is 30.3 Å². The summed E-state index contributed by atoms with van der Waals surface area (Å²) < 4.78 is 29.1. The highest BCUT2D eigenvalue weighted by Crippen LogP contribution is 2.29. The summed E-state index contributed by atoms with van der Waals surface area (Å²) in [7, 11) is 0.